The molecule has 34 heavy (non-hydrogen) atoms. The molecule has 3 aromatic rings. The second-order valence-electron chi connectivity index (χ2n) is 8.13. The highest BCUT2D eigenvalue weighted by molar-refractivity contribution is 6.04. The van der Waals surface area contributed by atoms with Gasteiger partial charge in [-0.15, -0.1) is 0 Å². The molecular weight excluding hydrogens is 430 g/mol. The molecule has 0 aromatic heterocycles. The van der Waals surface area contributed by atoms with Crippen molar-refractivity contribution in [1.29, 1.82) is 0 Å². The van der Waals surface area contributed by atoms with Gasteiger partial charge in [0.25, 0.3) is 5.91 Å². The Kier molecular flexibility index (Phi) is 8.09. The third kappa shape index (κ3) is 6.72. The largest absolute Gasteiger partial charge is 0.493 e. The van der Waals surface area contributed by atoms with E-state index in [0.29, 0.717) is 22.8 Å². The number of methoxy groups -OCH3 is 1. The van der Waals surface area contributed by atoms with Crippen LogP contribution in [0.3, 0.4) is 0 Å². The van der Waals surface area contributed by atoms with E-state index < -0.39 is 5.97 Å². The minimum atomic E-state index is -0.533. The molecule has 3 rings (SSSR count). The van der Waals surface area contributed by atoms with Crippen LogP contribution >= 0.6 is 0 Å². The van der Waals surface area contributed by atoms with Crippen LogP contribution in [0.2, 0.25) is 0 Å². The first-order valence-corrected chi connectivity index (χ1v) is 11.0. The van der Waals surface area contributed by atoms with Gasteiger partial charge in [-0.3, -0.25) is 4.79 Å². The van der Waals surface area contributed by atoms with Crippen molar-refractivity contribution in [3.05, 3.63) is 89.0 Å². The number of rotatable bonds is 8. The van der Waals surface area contributed by atoms with Crippen LogP contribution in [0.5, 0.6) is 17.2 Å². The Bertz CT molecular complexity index is 1200. The Hall–Kier alpha value is -4.06. The summed E-state index contributed by atoms with van der Waals surface area (Å²) >= 11 is 0. The number of ether oxygens (including phenoxy) is 3. The van der Waals surface area contributed by atoms with Crippen molar-refractivity contribution in [2.45, 2.75) is 33.8 Å². The molecule has 0 heterocycles. The Morgan fingerprint density at radius 3 is 2.32 bits per heavy atom. The first kappa shape index (κ1) is 24.6. The van der Waals surface area contributed by atoms with E-state index in [2.05, 4.69) is 5.32 Å². The lowest BCUT2D eigenvalue weighted by Crippen LogP contribution is -2.13. The van der Waals surface area contributed by atoms with E-state index in [9.17, 15) is 9.59 Å². The van der Waals surface area contributed by atoms with Gasteiger partial charge in [-0.1, -0.05) is 18.2 Å². The van der Waals surface area contributed by atoms with E-state index in [-0.39, 0.29) is 12.0 Å². The Morgan fingerprint density at radius 2 is 1.65 bits per heavy atom. The molecule has 0 aliphatic rings. The molecule has 1 N–H and O–H groups in total. The van der Waals surface area contributed by atoms with E-state index in [1.807, 2.05) is 52.0 Å². The molecule has 6 heteroatoms. The van der Waals surface area contributed by atoms with Gasteiger partial charge in [0.15, 0.2) is 11.5 Å². The number of amides is 1. The van der Waals surface area contributed by atoms with Crippen molar-refractivity contribution in [1.82, 2.24) is 0 Å². The van der Waals surface area contributed by atoms with E-state index in [1.54, 1.807) is 49.6 Å². The van der Waals surface area contributed by atoms with Gasteiger partial charge in [0.2, 0.25) is 0 Å². The molecule has 0 atom stereocenters. The fourth-order valence-electron chi connectivity index (χ4n) is 3.19. The van der Waals surface area contributed by atoms with Crippen LogP contribution in [0.1, 0.15) is 40.9 Å². The van der Waals surface area contributed by atoms with Crippen LogP contribution in [-0.2, 0) is 4.79 Å². The minimum absolute atomic E-state index is 0.0226. The summed E-state index contributed by atoms with van der Waals surface area (Å²) in [4.78, 5) is 24.8. The summed E-state index contributed by atoms with van der Waals surface area (Å²) in [7, 11) is 1.57. The average molecular weight is 460 g/mol. The summed E-state index contributed by atoms with van der Waals surface area (Å²) in [5, 5.41) is 2.91. The molecule has 0 spiro atoms. The quantitative estimate of drug-likeness (QED) is 0.255. The molecular formula is C28H29NO5. The standard InChI is InChI=1S/C28H29NO5/c1-18(2)33-25-14-8-21(17-26(25)32-5)9-15-27(30)34-23-12-10-22(11-13-23)28(31)29-24-16-19(3)6-7-20(24)4/h6-18H,1-5H3,(H,29,31)/b15-9+. The molecule has 6 nitrogen and oxygen atoms in total. The number of hydrogen-bond donors (Lipinski definition) is 1. The lowest BCUT2D eigenvalue weighted by molar-refractivity contribution is -0.128. The third-order valence-corrected chi connectivity index (χ3v) is 4.94. The maximum Gasteiger partial charge on any atom is 0.336 e. The SMILES string of the molecule is COc1cc(/C=C/C(=O)Oc2ccc(C(=O)Nc3cc(C)ccc3C)cc2)ccc1OC(C)C. The number of benzene rings is 3. The zero-order valence-corrected chi connectivity index (χ0v) is 20.0. The fourth-order valence-corrected chi connectivity index (χ4v) is 3.19. The summed E-state index contributed by atoms with van der Waals surface area (Å²) in [6, 6.07) is 17.7. The molecule has 0 aliphatic heterocycles. The first-order valence-electron chi connectivity index (χ1n) is 11.0. The summed E-state index contributed by atoms with van der Waals surface area (Å²) in [6.07, 6.45) is 2.99. The van der Waals surface area contributed by atoms with Crippen LogP contribution in [0.25, 0.3) is 6.08 Å². The predicted molar refractivity (Wildman–Crippen MR) is 134 cm³/mol. The normalized spacial score (nSPS) is 10.9. The molecule has 0 saturated carbocycles. The second kappa shape index (κ2) is 11.2. The van der Waals surface area contributed by atoms with Crippen LogP contribution < -0.4 is 19.5 Å². The van der Waals surface area contributed by atoms with Crippen molar-refractivity contribution in [3.8, 4) is 17.2 Å². The lowest BCUT2D eigenvalue weighted by Gasteiger charge is -2.13. The third-order valence-electron chi connectivity index (χ3n) is 4.94. The van der Waals surface area contributed by atoms with Crippen LogP contribution in [0.15, 0.2) is 66.7 Å². The zero-order chi connectivity index (χ0) is 24.7. The van der Waals surface area contributed by atoms with Crippen LogP contribution in [0, 0.1) is 13.8 Å². The van der Waals surface area contributed by atoms with Gasteiger partial charge < -0.3 is 19.5 Å². The summed E-state index contributed by atoms with van der Waals surface area (Å²) in [5.41, 5.74) is 4.05. The number of anilines is 1. The van der Waals surface area contributed by atoms with Crippen molar-refractivity contribution < 1.29 is 23.8 Å². The summed E-state index contributed by atoms with van der Waals surface area (Å²) in [6.45, 7) is 7.79. The van der Waals surface area contributed by atoms with Gasteiger partial charge in [-0.05, 0) is 92.9 Å². The highest BCUT2D eigenvalue weighted by atomic mass is 16.5. The smallest absolute Gasteiger partial charge is 0.336 e. The highest BCUT2D eigenvalue weighted by Crippen LogP contribution is 2.29. The molecule has 176 valence electrons. The van der Waals surface area contributed by atoms with E-state index in [0.717, 1.165) is 22.4 Å². The van der Waals surface area contributed by atoms with Gasteiger partial charge in [0.1, 0.15) is 5.75 Å². The molecule has 0 aliphatic carbocycles. The molecule has 0 saturated heterocycles. The van der Waals surface area contributed by atoms with Crippen molar-refractivity contribution in [2.24, 2.45) is 0 Å². The minimum Gasteiger partial charge on any atom is -0.493 e. The Morgan fingerprint density at radius 1 is 0.912 bits per heavy atom. The molecule has 0 bridgehead atoms. The van der Waals surface area contributed by atoms with Crippen LogP contribution in [-0.4, -0.2) is 25.1 Å². The van der Waals surface area contributed by atoms with Crippen molar-refractivity contribution >= 4 is 23.6 Å². The summed E-state index contributed by atoms with van der Waals surface area (Å²) < 4.78 is 16.4. The van der Waals surface area contributed by atoms with Crippen molar-refractivity contribution in [2.75, 3.05) is 12.4 Å². The fraction of sp³-hybridized carbons (Fsp3) is 0.214. The molecule has 0 unspecified atom stereocenters. The maximum absolute atomic E-state index is 12.6. The summed E-state index contributed by atoms with van der Waals surface area (Å²) in [5.74, 6) is 0.799. The first-order chi connectivity index (χ1) is 16.2. The van der Waals surface area contributed by atoms with E-state index in [1.165, 1.54) is 6.08 Å². The van der Waals surface area contributed by atoms with E-state index >= 15 is 0 Å². The van der Waals surface area contributed by atoms with Gasteiger partial charge in [0, 0.05) is 17.3 Å². The number of carbonyl (C=O) groups excluding carboxylic acids is 2. The second-order valence-corrected chi connectivity index (χ2v) is 8.13. The number of aryl methyl sites for hydroxylation is 2. The Labute approximate surface area is 200 Å². The highest BCUT2D eigenvalue weighted by Gasteiger charge is 2.10. The monoisotopic (exact) mass is 459 g/mol. The van der Waals surface area contributed by atoms with Crippen LogP contribution in [0.4, 0.5) is 5.69 Å². The number of carbonyl (C=O) groups is 2. The lowest BCUT2D eigenvalue weighted by atomic mass is 10.1. The van der Waals surface area contributed by atoms with Gasteiger partial charge in [0.05, 0.1) is 13.2 Å². The predicted octanol–water partition coefficient (Wildman–Crippen LogP) is 5.97. The average Bonchev–Trinajstić information content (AvgIpc) is 2.81. The number of nitrogens with one attached hydrogen (secondary N) is 1. The topological polar surface area (TPSA) is 73.9 Å². The molecule has 3 aromatic carbocycles. The van der Waals surface area contributed by atoms with E-state index in [4.69, 9.17) is 14.2 Å². The molecule has 1 amide bonds. The molecule has 0 fully saturated rings. The zero-order valence-electron chi connectivity index (χ0n) is 20.0. The molecule has 0 radical (unpaired) electrons. The van der Waals surface area contributed by atoms with Gasteiger partial charge in [-0.25, -0.2) is 4.79 Å². The number of esters is 1. The van der Waals surface area contributed by atoms with Gasteiger partial charge in [-0.2, -0.15) is 0 Å². The van der Waals surface area contributed by atoms with Crippen molar-refractivity contribution in [3.63, 3.8) is 0 Å². The van der Waals surface area contributed by atoms with Gasteiger partial charge >= 0.3 is 5.97 Å². The maximum atomic E-state index is 12.6. The number of hydrogen-bond acceptors (Lipinski definition) is 5. The Balaban J connectivity index is 1.60.